The largest absolute Gasteiger partial charge is 0.323 e. The first kappa shape index (κ1) is 7.51. The number of nitrogens with two attached hydrogens (primary N) is 1. The minimum atomic E-state index is 0.0694. The summed E-state index contributed by atoms with van der Waals surface area (Å²) in [7, 11) is 4.00. The van der Waals surface area contributed by atoms with E-state index in [0.717, 1.165) is 6.04 Å². The van der Waals surface area contributed by atoms with Gasteiger partial charge in [0.15, 0.2) is 0 Å². The van der Waals surface area contributed by atoms with Gasteiger partial charge in [-0.2, -0.15) is 0 Å². The summed E-state index contributed by atoms with van der Waals surface area (Å²) in [4.78, 5) is 2.03. The normalized spacial score (nSPS) is 26.2. The first-order valence-corrected chi connectivity index (χ1v) is 3.36. The Hall–Kier alpha value is -0.600. The van der Waals surface area contributed by atoms with Crippen LogP contribution in [0.3, 0.4) is 0 Å². The van der Waals surface area contributed by atoms with Gasteiger partial charge in [0.25, 0.3) is 0 Å². The van der Waals surface area contributed by atoms with Crippen LogP contribution in [0, 0.1) is 6.04 Å². The molecule has 0 heterocycles. The van der Waals surface area contributed by atoms with Crippen molar-refractivity contribution in [1.29, 1.82) is 0 Å². The van der Waals surface area contributed by atoms with Crippen LogP contribution >= 0.6 is 0 Å². The van der Waals surface area contributed by atoms with Crippen LogP contribution in [0.4, 0.5) is 0 Å². The van der Waals surface area contributed by atoms with Crippen LogP contribution in [0.2, 0.25) is 0 Å². The Balaban J connectivity index is 2.61. The third-order valence-corrected chi connectivity index (χ3v) is 1.55. The van der Waals surface area contributed by atoms with Crippen molar-refractivity contribution < 1.29 is 0 Å². The van der Waals surface area contributed by atoms with Crippen molar-refractivity contribution in [2.45, 2.75) is 6.04 Å². The SMILES string of the molecule is CN(C)[C]1C=CC=CC1N. The Morgan fingerprint density at radius 3 is 2.50 bits per heavy atom. The molecule has 0 bridgehead atoms. The Bertz CT molecular complexity index is 159. The predicted molar refractivity (Wildman–Crippen MR) is 43.2 cm³/mol. The Kier molecular flexibility index (Phi) is 2.25. The van der Waals surface area contributed by atoms with Crippen LogP contribution in [0.5, 0.6) is 0 Å². The molecule has 0 aromatic rings. The Morgan fingerprint density at radius 1 is 1.40 bits per heavy atom. The van der Waals surface area contributed by atoms with E-state index < -0.39 is 0 Å². The molecule has 1 rings (SSSR count). The van der Waals surface area contributed by atoms with Crippen LogP contribution in [0.25, 0.3) is 0 Å². The third kappa shape index (κ3) is 1.46. The van der Waals surface area contributed by atoms with Crippen LogP contribution < -0.4 is 5.73 Å². The van der Waals surface area contributed by atoms with Gasteiger partial charge < -0.3 is 5.73 Å². The second-order valence-electron chi connectivity index (χ2n) is 2.59. The zero-order valence-corrected chi connectivity index (χ0v) is 6.41. The molecule has 0 spiro atoms. The van der Waals surface area contributed by atoms with E-state index >= 15 is 0 Å². The monoisotopic (exact) mass is 137 g/mol. The number of nitrogens with zero attached hydrogens (tertiary/aromatic N) is 1. The second-order valence-corrected chi connectivity index (χ2v) is 2.59. The quantitative estimate of drug-likeness (QED) is 0.571. The fraction of sp³-hybridized carbons (Fsp3) is 0.375. The molecule has 1 aliphatic carbocycles. The summed E-state index contributed by atoms with van der Waals surface area (Å²) < 4.78 is 0. The fourth-order valence-electron chi connectivity index (χ4n) is 0.995. The zero-order chi connectivity index (χ0) is 7.56. The molecule has 0 saturated heterocycles. The highest BCUT2D eigenvalue weighted by Crippen LogP contribution is 2.14. The van der Waals surface area contributed by atoms with Gasteiger partial charge in [-0.1, -0.05) is 24.3 Å². The van der Waals surface area contributed by atoms with Gasteiger partial charge in [-0.15, -0.1) is 0 Å². The van der Waals surface area contributed by atoms with E-state index in [1.807, 2.05) is 43.3 Å². The van der Waals surface area contributed by atoms with Gasteiger partial charge in [0.05, 0.1) is 6.04 Å². The van der Waals surface area contributed by atoms with Gasteiger partial charge in [-0.05, 0) is 14.1 Å². The molecule has 0 amide bonds. The molecule has 0 aromatic heterocycles. The molecule has 0 aliphatic heterocycles. The summed E-state index contributed by atoms with van der Waals surface area (Å²) in [5.74, 6) is 0. The highest BCUT2D eigenvalue weighted by molar-refractivity contribution is 5.28. The zero-order valence-electron chi connectivity index (χ0n) is 6.41. The molecule has 1 aliphatic rings. The van der Waals surface area contributed by atoms with Crippen molar-refractivity contribution in [2.24, 2.45) is 5.73 Å². The van der Waals surface area contributed by atoms with Crippen LogP contribution in [0.1, 0.15) is 0 Å². The second kappa shape index (κ2) is 2.99. The van der Waals surface area contributed by atoms with Gasteiger partial charge in [0.2, 0.25) is 0 Å². The average molecular weight is 137 g/mol. The average Bonchev–Trinajstić information content (AvgIpc) is 1.88. The van der Waals surface area contributed by atoms with E-state index in [4.69, 9.17) is 5.73 Å². The lowest BCUT2D eigenvalue weighted by Crippen LogP contribution is -2.35. The molecule has 0 fully saturated rings. The lowest BCUT2D eigenvalue weighted by Gasteiger charge is -2.25. The summed E-state index contributed by atoms with van der Waals surface area (Å²) in [5, 5.41) is 0. The van der Waals surface area contributed by atoms with E-state index in [1.165, 1.54) is 0 Å². The summed E-state index contributed by atoms with van der Waals surface area (Å²) in [5.41, 5.74) is 5.76. The van der Waals surface area contributed by atoms with E-state index in [2.05, 4.69) is 0 Å². The molecule has 2 heteroatoms. The minimum absolute atomic E-state index is 0.0694. The van der Waals surface area contributed by atoms with Crippen molar-refractivity contribution in [3.63, 3.8) is 0 Å². The lowest BCUT2D eigenvalue weighted by atomic mass is 10.0. The summed E-state index contributed by atoms with van der Waals surface area (Å²) in [6.45, 7) is 0. The molecule has 1 atom stereocenters. The van der Waals surface area contributed by atoms with E-state index in [9.17, 15) is 0 Å². The molecule has 1 unspecified atom stereocenters. The van der Waals surface area contributed by atoms with Crippen LogP contribution in [-0.2, 0) is 0 Å². The Morgan fingerprint density at radius 2 is 2.10 bits per heavy atom. The van der Waals surface area contributed by atoms with Gasteiger partial charge >= 0.3 is 0 Å². The molecule has 55 valence electrons. The highest BCUT2D eigenvalue weighted by atomic mass is 15.1. The molecule has 10 heavy (non-hydrogen) atoms. The number of allylic oxidation sites excluding steroid dienone is 2. The molecule has 2 nitrogen and oxygen atoms in total. The minimum Gasteiger partial charge on any atom is -0.323 e. The van der Waals surface area contributed by atoms with Gasteiger partial charge in [-0.25, -0.2) is 0 Å². The van der Waals surface area contributed by atoms with Gasteiger partial charge in [-0.3, -0.25) is 4.90 Å². The number of rotatable bonds is 1. The van der Waals surface area contributed by atoms with E-state index in [1.54, 1.807) is 0 Å². The predicted octanol–water partition coefficient (Wildman–Crippen LogP) is 0.533. The maximum atomic E-state index is 5.76. The number of likely N-dealkylation sites (N-methyl/N-ethyl adjacent to an activating group) is 1. The van der Waals surface area contributed by atoms with E-state index in [0.29, 0.717) is 0 Å². The molecular weight excluding hydrogens is 124 g/mol. The molecular formula is C8H13N2. The fourth-order valence-corrected chi connectivity index (χ4v) is 0.995. The maximum Gasteiger partial charge on any atom is 0.0818 e. The van der Waals surface area contributed by atoms with E-state index in [-0.39, 0.29) is 6.04 Å². The van der Waals surface area contributed by atoms with Crippen LogP contribution in [0.15, 0.2) is 24.3 Å². The lowest BCUT2D eigenvalue weighted by molar-refractivity contribution is 0.419. The van der Waals surface area contributed by atoms with Crippen molar-refractivity contribution in [3.05, 3.63) is 30.3 Å². The van der Waals surface area contributed by atoms with Crippen molar-refractivity contribution in [2.75, 3.05) is 14.1 Å². The summed E-state index contributed by atoms with van der Waals surface area (Å²) >= 11 is 0. The van der Waals surface area contributed by atoms with Crippen molar-refractivity contribution >= 4 is 0 Å². The Labute approximate surface area is 62.0 Å². The first-order valence-electron chi connectivity index (χ1n) is 3.36. The number of hydrogen-bond donors (Lipinski definition) is 1. The standard InChI is InChI=1S/C8H13N2/c1-10(2)8-6-4-3-5-7(8)9/h3-7H,9H2,1-2H3. The molecule has 0 aromatic carbocycles. The smallest absolute Gasteiger partial charge is 0.0818 e. The van der Waals surface area contributed by atoms with Crippen molar-refractivity contribution in [3.8, 4) is 0 Å². The third-order valence-electron chi connectivity index (χ3n) is 1.55. The molecule has 2 N–H and O–H groups in total. The maximum absolute atomic E-state index is 5.76. The summed E-state index contributed by atoms with van der Waals surface area (Å²) in [6, 6.07) is 1.22. The number of hydrogen-bond acceptors (Lipinski definition) is 2. The van der Waals surface area contributed by atoms with Gasteiger partial charge in [0.1, 0.15) is 0 Å². The van der Waals surface area contributed by atoms with Crippen molar-refractivity contribution in [1.82, 2.24) is 4.90 Å². The summed E-state index contributed by atoms with van der Waals surface area (Å²) in [6.07, 6.45) is 7.98. The van der Waals surface area contributed by atoms with Crippen LogP contribution in [-0.4, -0.2) is 25.0 Å². The topological polar surface area (TPSA) is 29.3 Å². The molecule has 1 radical (unpaired) electrons. The highest BCUT2D eigenvalue weighted by Gasteiger charge is 2.16. The molecule has 0 saturated carbocycles. The first-order chi connectivity index (χ1) is 4.72. The van der Waals surface area contributed by atoms with Gasteiger partial charge in [0, 0.05) is 6.04 Å².